The molecule has 4 heterocycles. The molecular weight excluding hydrogens is 321 g/mol. The molecule has 0 radical (unpaired) electrons. The van der Waals surface area contributed by atoms with Gasteiger partial charge in [-0.15, -0.1) is 0 Å². The molecule has 0 spiro atoms. The van der Waals surface area contributed by atoms with Crippen molar-refractivity contribution in [3.63, 3.8) is 0 Å². The van der Waals surface area contributed by atoms with Crippen LogP contribution in [0.5, 0.6) is 0 Å². The Balaban J connectivity index is 1.69. The summed E-state index contributed by atoms with van der Waals surface area (Å²) < 4.78 is 38.7. The molecule has 0 saturated heterocycles. The van der Waals surface area contributed by atoms with Crippen molar-refractivity contribution in [1.29, 1.82) is 0 Å². The van der Waals surface area contributed by atoms with Gasteiger partial charge in [-0.25, -0.2) is 19.9 Å². The zero-order chi connectivity index (χ0) is 16.7. The number of imidazole rings is 1. The number of aromatic nitrogens is 6. The van der Waals surface area contributed by atoms with Crippen LogP contribution in [-0.4, -0.2) is 35.5 Å². The molecule has 0 aliphatic rings. The molecule has 0 unspecified atom stereocenters. The van der Waals surface area contributed by atoms with E-state index in [0.717, 1.165) is 16.5 Å². The quantitative estimate of drug-likeness (QED) is 0.625. The van der Waals surface area contributed by atoms with Crippen molar-refractivity contribution in [3.05, 3.63) is 43.0 Å². The zero-order valence-corrected chi connectivity index (χ0v) is 12.2. The number of nitrogens with one attached hydrogen (secondary N) is 1. The highest BCUT2D eigenvalue weighted by molar-refractivity contribution is 5.92. The van der Waals surface area contributed by atoms with E-state index in [1.807, 2.05) is 6.20 Å². The van der Waals surface area contributed by atoms with E-state index in [9.17, 15) is 13.2 Å². The SMILES string of the molecule is FC(F)(F)CCc1ncc2c(-c3cnc4nccn4c3)c[nH]c2n1. The molecule has 1 N–H and O–H groups in total. The van der Waals surface area contributed by atoms with Gasteiger partial charge in [0.1, 0.15) is 11.5 Å². The number of fused-ring (bicyclic) bond motifs is 2. The fourth-order valence-corrected chi connectivity index (χ4v) is 2.51. The highest BCUT2D eigenvalue weighted by atomic mass is 19.4. The maximum atomic E-state index is 12.3. The van der Waals surface area contributed by atoms with Gasteiger partial charge < -0.3 is 4.98 Å². The second kappa shape index (κ2) is 5.29. The Hall–Kier alpha value is -2.97. The summed E-state index contributed by atoms with van der Waals surface area (Å²) in [6.45, 7) is 0. The Bertz CT molecular complexity index is 1020. The molecule has 9 heteroatoms. The number of halogens is 3. The van der Waals surface area contributed by atoms with Gasteiger partial charge in [0, 0.05) is 60.1 Å². The number of rotatable bonds is 3. The van der Waals surface area contributed by atoms with Crippen LogP contribution < -0.4 is 0 Å². The average molecular weight is 332 g/mol. The van der Waals surface area contributed by atoms with E-state index < -0.39 is 12.6 Å². The highest BCUT2D eigenvalue weighted by Gasteiger charge is 2.27. The van der Waals surface area contributed by atoms with E-state index in [4.69, 9.17) is 0 Å². The van der Waals surface area contributed by atoms with Gasteiger partial charge in [-0.05, 0) is 0 Å². The average Bonchev–Trinajstić information content (AvgIpc) is 3.17. The van der Waals surface area contributed by atoms with Crippen LogP contribution in [0.1, 0.15) is 12.2 Å². The normalized spacial score (nSPS) is 12.3. The van der Waals surface area contributed by atoms with Crippen LogP contribution in [0, 0.1) is 0 Å². The number of alkyl halides is 3. The summed E-state index contributed by atoms with van der Waals surface area (Å²) in [6.07, 6.45) is 4.88. The number of hydrogen-bond donors (Lipinski definition) is 1. The Labute approximate surface area is 133 Å². The van der Waals surface area contributed by atoms with Crippen LogP contribution in [0.15, 0.2) is 37.2 Å². The van der Waals surface area contributed by atoms with Gasteiger partial charge >= 0.3 is 6.18 Å². The lowest BCUT2D eigenvalue weighted by Crippen LogP contribution is -2.10. The van der Waals surface area contributed by atoms with E-state index in [0.29, 0.717) is 11.4 Å². The van der Waals surface area contributed by atoms with Gasteiger partial charge in [0.15, 0.2) is 0 Å². The van der Waals surface area contributed by atoms with Crippen molar-refractivity contribution in [1.82, 2.24) is 29.3 Å². The molecule has 24 heavy (non-hydrogen) atoms. The molecule has 0 bridgehead atoms. The van der Waals surface area contributed by atoms with Crippen LogP contribution in [-0.2, 0) is 6.42 Å². The number of aryl methyl sites for hydroxylation is 1. The van der Waals surface area contributed by atoms with Gasteiger partial charge in [-0.1, -0.05) is 0 Å². The predicted octanol–water partition coefficient (Wildman–Crippen LogP) is 3.16. The molecule has 4 aromatic rings. The summed E-state index contributed by atoms with van der Waals surface area (Å²) in [4.78, 5) is 19.5. The van der Waals surface area contributed by atoms with Gasteiger partial charge in [0.25, 0.3) is 0 Å². The number of aromatic amines is 1. The third-order valence-corrected chi connectivity index (χ3v) is 3.67. The summed E-state index contributed by atoms with van der Waals surface area (Å²) in [5.74, 6) is 0.751. The minimum Gasteiger partial charge on any atom is -0.345 e. The van der Waals surface area contributed by atoms with E-state index in [2.05, 4.69) is 24.9 Å². The van der Waals surface area contributed by atoms with Crippen LogP contribution >= 0.6 is 0 Å². The molecule has 0 aliphatic heterocycles. The minimum atomic E-state index is -4.22. The first-order valence-electron chi connectivity index (χ1n) is 7.18. The van der Waals surface area contributed by atoms with Crippen LogP contribution in [0.2, 0.25) is 0 Å². The predicted molar refractivity (Wildman–Crippen MR) is 80.2 cm³/mol. The number of hydrogen-bond acceptors (Lipinski definition) is 4. The summed E-state index contributed by atoms with van der Waals surface area (Å²) >= 11 is 0. The maximum Gasteiger partial charge on any atom is 0.389 e. The first-order valence-corrected chi connectivity index (χ1v) is 7.18. The van der Waals surface area contributed by atoms with E-state index in [-0.39, 0.29) is 12.2 Å². The van der Waals surface area contributed by atoms with Crippen molar-refractivity contribution in [3.8, 4) is 11.1 Å². The van der Waals surface area contributed by atoms with Crippen molar-refractivity contribution in [2.45, 2.75) is 19.0 Å². The molecule has 0 saturated carbocycles. The molecule has 122 valence electrons. The molecule has 0 atom stereocenters. The second-order valence-corrected chi connectivity index (χ2v) is 5.34. The van der Waals surface area contributed by atoms with Crippen molar-refractivity contribution in [2.24, 2.45) is 0 Å². The van der Waals surface area contributed by atoms with Crippen molar-refractivity contribution in [2.75, 3.05) is 0 Å². The molecule has 0 aliphatic carbocycles. The largest absolute Gasteiger partial charge is 0.389 e. The van der Waals surface area contributed by atoms with E-state index >= 15 is 0 Å². The molecular formula is C15H11F3N6. The Kier molecular flexibility index (Phi) is 3.22. The lowest BCUT2D eigenvalue weighted by Gasteiger charge is -2.05. The standard InChI is InChI=1S/C15H11F3N6/c16-15(17,18)2-1-12-20-7-11-10(6-21-13(11)23-12)9-5-22-14-19-3-4-24(14)8-9/h3-8H,1-2H2,(H,20,21,23). The highest BCUT2D eigenvalue weighted by Crippen LogP contribution is 2.27. The van der Waals surface area contributed by atoms with Crippen molar-refractivity contribution >= 4 is 16.8 Å². The molecule has 4 aromatic heterocycles. The van der Waals surface area contributed by atoms with Gasteiger partial charge in [-0.2, -0.15) is 13.2 Å². The first-order chi connectivity index (χ1) is 11.5. The first kappa shape index (κ1) is 14.6. The Morgan fingerprint density at radius 1 is 1.12 bits per heavy atom. The fraction of sp³-hybridized carbons (Fsp3) is 0.200. The Morgan fingerprint density at radius 3 is 2.83 bits per heavy atom. The lowest BCUT2D eigenvalue weighted by molar-refractivity contribution is -0.134. The zero-order valence-electron chi connectivity index (χ0n) is 12.2. The number of H-pyrrole nitrogens is 1. The maximum absolute atomic E-state index is 12.3. The summed E-state index contributed by atoms with van der Waals surface area (Å²) in [5.41, 5.74) is 2.16. The number of nitrogens with zero attached hydrogens (tertiary/aromatic N) is 5. The molecule has 6 nitrogen and oxygen atoms in total. The molecule has 0 aromatic carbocycles. The third-order valence-electron chi connectivity index (χ3n) is 3.67. The van der Waals surface area contributed by atoms with E-state index in [1.54, 1.807) is 29.2 Å². The van der Waals surface area contributed by atoms with Crippen LogP contribution in [0.25, 0.3) is 27.9 Å². The topological polar surface area (TPSA) is 71.8 Å². The molecule has 4 rings (SSSR count). The van der Waals surface area contributed by atoms with Gasteiger partial charge in [0.2, 0.25) is 5.78 Å². The van der Waals surface area contributed by atoms with Crippen LogP contribution in [0.4, 0.5) is 13.2 Å². The van der Waals surface area contributed by atoms with E-state index in [1.165, 1.54) is 6.20 Å². The molecule has 0 fully saturated rings. The monoisotopic (exact) mass is 332 g/mol. The summed E-state index contributed by atoms with van der Waals surface area (Å²) in [6, 6.07) is 0. The third kappa shape index (κ3) is 2.68. The lowest BCUT2D eigenvalue weighted by atomic mass is 10.1. The fourth-order valence-electron chi connectivity index (χ4n) is 2.51. The second-order valence-electron chi connectivity index (χ2n) is 5.34. The summed E-state index contributed by atoms with van der Waals surface area (Å²) in [5, 5.41) is 0.729. The Morgan fingerprint density at radius 2 is 2.00 bits per heavy atom. The molecule has 0 amide bonds. The van der Waals surface area contributed by atoms with Crippen LogP contribution in [0.3, 0.4) is 0 Å². The summed E-state index contributed by atoms with van der Waals surface area (Å²) in [7, 11) is 0. The van der Waals surface area contributed by atoms with Crippen molar-refractivity contribution < 1.29 is 13.2 Å². The smallest absolute Gasteiger partial charge is 0.345 e. The van der Waals surface area contributed by atoms with Gasteiger partial charge in [0.05, 0.1) is 6.42 Å². The van der Waals surface area contributed by atoms with Gasteiger partial charge in [-0.3, -0.25) is 4.40 Å². The minimum absolute atomic E-state index is 0.163.